The summed E-state index contributed by atoms with van der Waals surface area (Å²) in [4.78, 5) is 39.5. The van der Waals surface area contributed by atoms with Gasteiger partial charge in [-0.15, -0.1) is 0 Å². The molecule has 37 heavy (non-hydrogen) atoms. The van der Waals surface area contributed by atoms with Gasteiger partial charge in [0.1, 0.15) is 18.2 Å². The van der Waals surface area contributed by atoms with Crippen LogP contribution in [0.5, 0.6) is 0 Å². The van der Waals surface area contributed by atoms with Gasteiger partial charge < -0.3 is 15.4 Å². The fraction of sp³-hybridized carbons (Fsp3) is 0.276. The lowest BCUT2D eigenvalue weighted by atomic mass is 9.91. The van der Waals surface area contributed by atoms with Gasteiger partial charge in [-0.25, -0.2) is 0 Å². The van der Waals surface area contributed by atoms with Crippen LogP contribution < -0.4 is 10.6 Å². The molecule has 3 aromatic rings. The zero-order valence-corrected chi connectivity index (χ0v) is 21.5. The van der Waals surface area contributed by atoms with Gasteiger partial charge in [-0.1, -0.05) is 71.7 Å². The molecular formula is C29H26Cl2N2O4. The lowest BCUT2D eigenvalue weighted by Crippen LogP contribution is -2.60. The number of hydrogen-bond acceptors (Lipinski definition) is 4. The van der Waals surface area contributed by atoms with E-state index in [9.17, 15) is 14.4 Å². The highest BCUT2D eigenvalue weighted by Crippen LogP contribution is 2.38. The smallest absolute Gasteiger partial charge is 0.251 e. The van der Waals surface area contributed by atoms with Crippen LogP contribution in [-0.4, -0.2) is 41.9 Å². The van der Waals surface area contributed by atoms with E-state index in [2.05, 4.69) is 10.6 Å². The number of nitrogens with one attached hydrogen (secondary N) is 2. The Morgan fingerprint density at radius 1 is 0.973 bits per heavy atom. The quantitative estimate of drug-likeness (QED) is 0.444. The first-order chi connectivity index (χ1) is 17.9. The molecule has 1 aliphatic heterocycles. The Balaban J connectivity index is 1.37. The third-order valence-corrected chi connectivity index (χ3v) is 7.89. The summed E-state index contributed by atoms with van der Waals surface area (Å²) in [6.07, 6.45) is 1.86. The lowest BCUT2D eigenvalue weighted by Gasteiger charge is -2.30. The fourth-order valence-electron chi connectivity index (χ4n) is 5.14. The van der Waals surface area contributed by atoms with Crippen LogP contribution >= 0.6 is 23.2 Å². The van der Waals surface area contributed by atoms with E-state index >= 15 is 0 Å². The van der Waals surface area contributed by atoms with Crippen LogP contribution in [0.2, 0.25) is 10.0 Å². The lowest BCUT2D eigenvalue weighted by molar-refractivity contribution is -0.131. The van der Waals surface area contributed by atoms with E-state index in [0.717, 1.165) is 23.1 Å². The van der Waals surface area contributed by atoms with Crippen LogP contribution in [0.1, 0.15) is 35.2 Å². The molecule has 2 aliphatic rings. The van der Waals surface area contributed by atoms with Crippen LogP contribution in [0.3, 0.4) is 0 Å². The Hall–Kier alpha value is -3.19. The van der Waals surface area contributed by atoms with Gasteiger partial charge in [0.2, 0.25) is 5.91 Å². The molecule has 0 bridgehead atoms. The summed E-state index contributed by atoms with van der Waals surface area (Å²) in [7, 11) is 0. The highest BCUT2D eigenvalue weighted by molar-refractivity contribution is 6.42. The van der Waals surface area contributed by atoms with E-state index in [1.54, 1.807) is 30.3 Å². The summed E-state index contributed by atoms with van der Waals surface area (Å²) in [5.41, 5.74) is 2.13. The van der Waals surface area contributed by atoms with Gasteiger partial charge in [-0.05, 0) is 60.2 Å². The van der Waals surface area contributed by atoms with Crippen molar-refractivity contribution in [1.29, 1.82) is 0 Å². The molecule has 0 spiro atoms. The van der Waals surface area contributed by atoms with Crippen molar-refractivity contribution in [3.05, 3.63) is 94.0 Å². The molecule has 8 heteroatoms. The second-order valence-corrected chi connectivity index (χ2v) is 10.3. The number of ketones is 1. The molecule has 2 N–H and O–H groups in total. The average molecular weight is 537 g/mol. The van der Waals surface area contributed by atoms with E-state index in [-0.39, 0.29) is 24.9 Å². The third kappa shape index (κ3) is 5.28. The van der Waals surface area contributed by atoms with Crippen LogP contribution in [0, 0.1) is 0 Å². The van der Waals surface area contributed by atoms with Gasteiger partial charge in [-0.2, -0.15) is 0 Å². The molecule has 0 aromatic heterocycles. The molecule has 0 radical (unpaired) electrons. The second kappa shape index (κ2) is 10.7. The summed E-state index contributed by atoms with van der Waals surface area (Å²) < 4.78 is 5.63. The fourth-order valence-corrected chi connectivity index (χ4v) is 5.46. The second-order valence-electron chi connectivity index (χ2n) is 9.50. The summed E-state index contributed by atoms with van der Waals surface area (Å²) >= 11 is 12.2. The number of amides is 2. The zero-order chi connectivity index (χ0) is 26.0. The summed E-state index contributed by atoms with van der Waals surface area (Å²) in [6, 6.07) is 21.2. The monoisotopic (exact) mass is 536 g/mol. The summed E-state index contributed by atoms with van der Waals surface area (Å²) in [5.74, 6) is -0.958. The molecule has 1 aliphatic carbocycles. The third-order valence-electron chi connectivity index (χ3n) is 7.15. The van der Waals surface area contributed by atoms with Crippen molar-refractivity contribution in [1.82, 2.24) is 10.6 Å². The topological polar surface area (TPSA) is 84.5 Å². The van der Waals surface area contributed by atoms with E-state index in [0.29, 0.717) is 28.5 Å². The largest absolute Gasteiger partial charge is 0.367 e. The van der Waals surface area contributed by atoms with Gasteiger partial charge in [0, 0.05) is 12.0 Å². The first kappa shape index (κ1) is 25.5. The average Bonchev–Trinajstić information content (AvgIpc) is 3.45. The number of carbonyl (C=O) groups is 3. The molecule has 6 nitrogen and oxygen atoms in total. The van der Waals surface area contributed by atoms with Gasteiger partial charge in [0.05, 0.1) is 16.1 Å². The maximum atomic E-state index is 13.6. The van der Waals surface area contributed by atoms with Crippen LogP contribution in [0.4, 0.5) is 0 Å². The standard InChI is InChI=1S/C29H26Cl2N2O4/c30-22-13-8-18(15-23(22)31)16-24(28(36)33-29-14-4-7-26(29)37-17-25(29)34)32-27(35)21-11-9-20(10-12-21)19-5-2-1-3-6-19/h1-3,5-6,8-13,15,24,26H,4,7,14,16-17H2,(H,32,35)(H,33,36). The number of halogens is 2. The Bertz CT molecular complexity index is 1330. The normalized spacial score (nSPS) is 21.4. The minimum Gasteiger partial charge on any atom is -0.367 e. The first-order valence-corrected chi connectivity index (χ1v) is 13.0. The van der Waals surface area contributed by atoms with E-state index < -0.39 is 23.4 Å². The number of ether oxygens (including phenoxy) is 1. The Morgan fingerprint density at radius 2 is 1.70 bits per heavy atom. The molecule has 1 saturated carbocycles. The van der Waals surface area contributed by atoms with Gasteiger partial charge in [-0.3, -0.25) is 14.4 Å². The summed E-state index contributed by atoms with van der Waals surface area (Å²) in [6.45, 7) is -0.0114. The van der Waals surface area contributed by atoms with Crippen molar-refractivity contribution in [2.24, 2.45) is 0 Å². The predicted octanol–water partition coefficient (Wildman–Crippen LogP) is 5.01. The molecule has 5 rings (SSSR count). The summed E-state index contributed by atoms with van der Waals surface area (Å²) in [5, 5.41) is 6.57. The molecule has 190 valence electrons. The zero-order valence-electron chi connectivity index (χ0n) is 20.0. The predicted molar refractivity (Wildman–Crippen MR) is 143 cm³/mol. The van der Waals surface area contributed by atoms with Crippen LogP contribution in [0.15, 0.2) is 72.8 Å². The van der Waals surface area contributed by atoms with Crippen molar-refractivity contribution in [2.75, 3.05) is 6.61 Å². The molecule has 1 saturated heterocycles. The molecule has 1 heterocycles. The molecule has 3 atom stereocenters. The Labute approximate surface area is 225 Å². The molecule has 3 unspecified atom stereocenters. The Morgan fingerprint density at radius 3 is 2.43 bits per heavy atom. The molecule has 2 amide bonds. The van der Waals surface area contributed by atoms with Crippen LogP contribution in [0.25, 0.3) is 11.1 Å². The van der Waals surface area contributed by atoms with E-state index in [1.807, 2.05) is 42.5 Å². The number of rotatable bonds is 7. The maximum absolute atomic E-state index is 13.6. The molecular weight excluding hydrogens is 511 g/mol. The molecule has 3 aromatic carbocycles. The number of Topliss-reactive ketones (excluding diaryl/α,β-unsaturated/α-hetero) is 1. The van der Waals surface area contributed by atoms with Crippen molar-refractivity contribution < 1.29 is 19.1 Å². The van der Waals surface area contributed by atoms with E-state index in [4.69, 9.17) is 27.9 Å². The maximum Gasteiger partial charge on any atom is 0.251 e. The van der Waals surface area contributed by atoms with Gasteiger partial charge in [0.25, 0.3) is 5.91 Å². The number of hydrogen-bond donors (Lipinski definition) is 2. The highest BCUT2D eigenvalue weighted by Gasteiger charge is 2.55. The van der Waals surface area contributed by atoms with Gasteiger partial charge in [0.15, 0.2) is 5.78 Å². The number of fused-ring (bicyclic) bond motifs is 1. The number of carbonyl (C=O) groups excluding carboxylic acids is 3. The van der Waals surface area contributed by atoms with Crippen molar-refractivity contribution >= 4 is 40.8 Å². The van der Waals surface area contributed by atoms with Crippen molar-refractivity contribution in [3.63, 3.8) is 0 Å². The highest BCUT2D eigenvalue weighted by atomic mass is 35.5. The van der Waals surface area contributed by atoms with E-state index in [1.165, 1.54) is 0 Å². The van der Waals surface area contributed by atoms with Crippen molar-refractivity contribution in [3.8, 4) is 11.1 Å². The van der Waals surface area contributed by atoms with Gasteiger partial charge >= 0.3 is 0 Å². The number of benzene rings is 3. The molecule has 2 fully saturated rings. The van der Waals surface area contributed by atoms with Crippen molar-refractivity contribution in [2.45, 2.75) is 43.4 Å². The minimum atomic E-state index is -1.03. The Kier molecular flexibility index (Phi) is 7.33. The first-order valence-electron chi connectivity index (χ1n) is 12.2. The SMILES string of the molecule is O=C(NC(Cc1ccc(Cl)c(Cl)c1)C(=O)NC12CCCC1OCC2=O)c1ccc(-c2ccccc2)cc1. The van der Waals surface area contributed by atoms with Crippen LogP contribution in [-0.2, 0) is 20.7 Å². The minimum absolute atomic E-state index is 0.0114.